The van der Waals surface area contributed by atoms with Crippen molar-refractivity contribution in [2.75, 3.05) is 6.54 Å². The predicted molar refractivity (Wildman–Crippen MR) is 68.3 cm³/mol. The number of sulfonamides is 1. The molecule has 18 heavy (non-hydrogen) atoms. The second kappa shape index (κ2) is 4.71. The van der Waals surface area contributed by atoms with Gasteiger partial charge in [-0.1, -0.05) is 19.1 Å². The third-order valence-electron chi connectivity index (χ3n) is 3.64. The van der Waals surface area contributed by atoms with Gasteiger partial charge in [-0.2, -0.15) is 5.26 Å². The highest BCUT2D eigenvalue weighted by molar-refractivity contribution is 7.89. The fraction of sp³-hybridized carbons (Fsp3) is 0.462. The van der Waals surface area contributed by atoms with Crippen LogP contribution in [0.15, 0.2) is 29.2 Å². The predicted octanol–water partition coefficient (Wildman–Crippen LogP) is 2.03. The summed E-state index contributed by atoms with van der Waals surface area (Å²) >= 11 is 0. The first-order valence-electron chi connectivity index (χ1n) is 6.02. The molecule has 0 atom stereocenters. The van der Waals surface area contributed by atoms with Crippen molar-refractivity contribution in [1.29, 1.82) is 5.26 Å². The van der Waals surface area contributed by atoms with Gasteiger partial charge in [-0.25, -0.2) is 13.1 Å². The van der Waals surface area contributed by atoms with Crippen molar-refractivity contribution in [2.24, 2.45) is 5.41 Å². The van der Waals surface area contributed by atoms with Crippen molar-refractivity contribution in [1.82, 2.24) is 4.72 Å². The molecule has 1 fully saturated rings. The van der Waals surface area contributed by atoms with E-state index >= 15 is 0 Å². The summed E-state index contributed by atoms with van der Waals surface area (Å²) in [5.41, 5.74) is 0.334. The minimum atomic E-state index is -3.58. The fourth-order valence-electron chi connectivity index (χ4n) is 1.95. The molecule has 0 heterocycles. The van der Waals surface area contributed by atoms with E-state index < -0.39 is 10.0 Å². The van der Waals surface area contributed by atoms with Crippen molar-refractivity contribution in [2.45, 2.75) is 31.1 Å². The van der Waals surface area contributed by atoms with E-state index in [1.165, 1.54) is 12.1 Å². The van der Waals surface area contributed by atoms with Crippen LogP contribution in [0, 0.1) is 16.7 Å². The third kappa shape index (κ3) is 2.55. The molecular formula is C13H16N2O2S. The molecule has 0 amide bonds. The minimum absolute atomic E-state index is 0.0689. The van der Waals surface area contributed by atoms with Gasteiger partial charge in [0.05, 0.1) is 10.5 Å². The summed E-state index contributed by atoms with van der Waals surface area (Å²) in [5.74, 6) is 0. The van der Waals surface area contributed by atoms with Crippen molar-refractivity contribution in [3.8, 4) is 6.07 Å². The van der Waals surface area contributed by atoms with Crippen LogP contribution in [0.4, 0.5) is 0 Å². The molecule has 1 aliphatic rings. The summed E-state index contributed by atoms with van der Waals surface area (Å²) in [6.07, 6.45) is 3.13. The zero-order chi connectivity index (χ0) is 13.2. The average molecular weight is 264 g/mol. The molecule has 1 aromatic rings. The van der Waals surface area contributed by atoms with Crippen LogP contribution in [-0.4, -0.2) is 15.0 Å². The number of hydrogen-bond donors (Lipinski definition) is 1. The van der Waals surface area contributed by atoms with E-state index in [-0.39, 0.29) is 15.9 Å². The van der Waals surface area contributed by atoms with Crippen LogP contribution in [0.2, 0.25) is 0 Å². The first-order valence-corrected chi connectivity index (χ1v) is 7.50. The molecule has 4 nitrogen and oxygen atoms in total. The smallest absolute Gasteiger partial charge is 0.211 e. The Morgan fingerprint density at radius 2 is 2.06 bits per heavy atom. The summed E-state index contributed by atoms with van der Waals surface area (Å²) in [6, 6.07) is 8.17. The lowest BCUT2D eigenvalue weighted by Gasteiger charge is -2.14. The average Bonchev–Trinajstić information content (AvgIpc) is 3.17. The molecule has 1 aromatic carbocycles. The number of benzene rings is 1. The van der Waals surface area contributed by atoms with Gasteiger partial charge in [-0.05, 0) is 36.8 Å². The lowest BCUT2D eigenvalue weighted by Crippen LogP contribution is -2.30. The molecule has 2 rings (SSSR count). The van der Waals surface area contributed by atoms with Crippen LogP contribution in [0.5, 0.6) is 0 Å². The van der Waals surface area contributed by atoms with Gasteiger partial charge in [0, 0.05) is 6.54 Å². The summed E-state index contributed by atoms with van der Waals surface area (Å²) in [5, 5.41) is 8.93. The Kier molecular flexibility index (Phi) is 3.42. The summed E-state index contributed by atoms with van der Waals surface area (Å²) < 4.78 is 26.9. The standard InChI is InChI=1S/C13H16N2O2S/c1-2-13(7-8-13)10-15-18(16,17)12-6-4-3-5-11(12)9-14/h3-6,15H,2,7-8,10H2,1H3. The zero-order valence-electron chi connectivity index (χ0n) is 10.3. The molecule has 0 spiro atoms. The van der Waals surface area contributed by atoms with Gasteiger partial charge in [-0.3, -0.25) is 0 Å². The van der Waals surface area contributed by atoms with Crippen molar-refractivity contribution < 1.29 is 8.42 Å². The van der Waals surface area contributed by atoms with Crippen LogP contribution in [-0.2, 0) is 10.0 Å². The minimum Gasteiger partial charge on any atom is -0.211 e. The molecule has 0 aromatic heterocycles. The van der Waals surface area contributed by atoms with Crippen LogP contribution >= 0.6 is 0 Å². The Labute approximate surface area is 108 Å². The van der Waals surface area contributed by atoms with E-state index in [0.29, 0.717) is 6.54 Å². The number of rotatable bonds is 5. The van der Waals surface area contributed by atoms with Gasteiger partial charge >= 0.3 is 0 Å². The largest absolute Gasteiger partial charge is 0.241 e. The number of hydrogen-bond acceptors (Lipinski definition) is 3. The summed E-state index contributed by atoms with van der Waals surface area (Å²) in [7, 11) is -3.58. The second-order valence-electron chi connectivity index (χ2n) is 4.79. The maximum Gasteiger partial charge on any atom is 0.241 e. The van der Waals surface area contributed by atoms with E-state index in [9.17, 15) is 8.42 Å². The van der Waals surface area contributed by atoms with Gasteiger partial charge in [0.25, 0.3) is 0 Å². The van der Waals surface area contributed by atoms with Gasteiger partial charge in [0.2, 0.25) is 10.0 Å². The number of nitriles is 1. The van der Waals surface area contributed by atoms with Crippen LogP contribution in [0.1, 0.15) is 31.7 Å². The SMILES string of the molecule is CCC1(CNS(=O)(=O)c2ccccc2C#N)CC1. The molecule has 5 heteroatoms. The van der Waals surface area contributed by atoms with E-state index in [1.54, 1.807) is 12.1 Å². The Morgan fingerprint density at radius 3 is 2.61 bits per heavy atom. The topological polar surface area (TPSA) is 70.0 Å². The second-order valence-corrected chi connectivity index (χ2v) is 6.52. The lowest BCUT2D eigenvalue weighted by molar-refractivity contribution is 0.475. The van der Waals surface area contributed by atoms with E-state index in [1.807, 2.05) is 6.07 Å². The van der Waals surface area contributed by atoms with E-state index in [2.05, 4.69) is 11.6 Å². The molecule has 0 unspecified atom stereocenters. The van der Waals surface area contributed by atoms with Crippen LogP contribution in [0.3, 0.4) is 0 Å². The van der Waals surface area contributed by atoms with Crippen molar-refractivity contribution in [3.63, 3.8) is 0 Å². The van der Waals surface area contributed by atoms with Crippen molar-refractivity contribution in [3.05, 3.63) is 29.8 Å². The summed E-state index contributed by atoms with van der Waals surface area (Å²) in [6.45, 7) is 2.54. The van der Waals surface area contributed by atoms with Crippen LogP contribution < -0.4 is 4.72 Å². The molecule has 1 N–H and O–H groups in total. The molecule has 0 radical (unpaired) electrons. The quantitative estimate of drug-likeness (QED) is 0.884. The number of nitrogens with zero attached hydrogens (tertiary/aromatic N) is 1. The molecule has 1 saturated carbocycles. The van der Waals surface area contributed by atoms with Gasteiger partial charge in [-0.15, -0.1) is 0 Å². The van der Waals surface area contributed by atoms with Gasteiger partial charge in [0.15, 0.2) is 0 Å². The van der Waals surface area contributed by atoms with Crippen LogP contribution in [0.25, 0.3) is 0 Å². The molecule has 1 aliphatic carbocycles. The first kappa shape index (κ1) is 13.1. The monoisotopic (exact) mass is 264 g/mol. The third-order valence-corrected chi connectivity index (χ3v) is 5.10. The normalized spacial score (nSPS) is 17.1. The molecule has 0 aliphatic heterocycles. The van der Waals surface area contributed by atoms with E-state index in [0.717, 1.165) is 19.3 Å². The van der Waals surface area contributed by atoms with Gasteiger partial charge in [0.1, 0.15) is 6.07 Å². The first-order chi connectivity index (χ1) is 8.53. The number of nitrogens with one attached hydrogen (secondary N) is 1. The Hall–Kier alpha value is -1.38. The maximum atomic E-state index is 12.1. The molecule has 96 valence electrons. The molecule has 0 saturated heterocycles. The fourth-order valence-corrected chi connectivity index (χ4v) is 3.26. The Balaban J connectivity index is 2.19. The van der Waals surface area contributed by atoms with Gasteiger partial charge < -0.3 is 0 Å². The highest BCUT2D eigenvalue weighted by Gasteiger charge is 2.41. The van der Waals surface area contributed by atoms with Crippen molar-refractivity contribution >= 4 is 10.0 Å². The maximum absolute atomic E-state index is 12.1. The Morgan fingerprint density at radius 1 is 1.39 bits per heavy atom. The Bertz CT molecular complexity index is 583. The zero-order valence-corrected chi connectivity index (χ0v) is 11.1. The van der Waals surface area contributed by atoms with E-state index in [4.69, 9.17) is 5.26 Å². The summed E-state index contributed by atoms with van der Waals surface area (Å²) in [4.78, 5) is 0.0689. The molecule has 0 bridgehead atoms. The lowest BCUT2D eigenvalue weighted by atomic mass is 10.1. The highest BCUT2D eigenvalue weighted by atomic mass is 32.2. The molecular weight excluding hydrogens is 248 g/mol. The highest BCUT2D eigenvalue weighted by Crippen LogP contribution is 2.48.